The predicted octanol–water partition coefficient (Wildman–Crippen LogP) is 4.98. The first-order chi connectivity index (χ1) is 15.4. The largest absolute Gasteiger partial charge is 0.493 e. The van der Waals surface area contributed by atoms with Crippen LogP contribution in [0.4, 0.5) is 11.4 Å². The van der Waals surface area contributed by atoms with Crippen LogP contribution in [-0.2, 0) is 11.3 Å². The van der Waals surface area contributed by atoms with Crippen molar-refractivity contribution in [2.45, 2.75) is 13.5 Å². The van der Waals surface area contributed by atoms with E-state index in [1.54, 1.807) is 24.3 Å². The number of methoxy groups -OCH3 is 1. The number of hydrogen-bond acceptors (Lipinski definition) is 5. The molecule has 0 bridgehead atoms. The number of aryl methyl sites for hydroxylation is 1. The molecule has 32 heavy (non-hydrogen) atoms. The van der Waals surface area contributed by atoms with E-state index >= 15 is 0 Å². The molecule has 8 heteroatoms. The molecule has 0 fully saturated rings. The van der Waals surface area contributed by atoms with Crippen molar-refractivity contribution >= 4 is 34.9 Å². The molecule has 0 atom stereocenters. The highest BCUT2D eigenvalue weighted by Crippen LogP contribution is 2.34. The average molecular weight is 455 g/mol. The molecule has 0 aliphatic heterocycles. The molecule has 166 valence electrons. The van der Waals surface area contributed by atoms with Crippen molar-refractivity contribution < 1.29 is 24.2 Å². The lowest BCUT2D eigenvalue weighted by atomic mass is 10.1. The topological polar surface area (TPSA) is 96.9 Å². The molecule has 3 aromatic carbocycles. The second-order valence-electron chi connectivity index (χ2n) is 7.03. The number of carbonyl (C=O) groups excluding carboxylic acids is 1. The zero-order chi connectivity index (χ0) is 23.1. The summed E-state index contributed by atoms with van der Waals surface area (Å²) < 4.78 is 11.0. The van der Waals surface area contributed by atoms with Crippen LogP contribution in [-0.4, -0.2) is 30.7 Å². The van der Waals surface area contributed by atoms with E-state index in [2.05, 4.69) is 10.6 Å². The van der Waals surface area contributed by atoms with Gasteiger partial charge in [0.2, 0.25) is 0 Å². The Balaban J connectivity index is 1.61. The first-order valence-electron chi connectivity index (χ1n) is 9.78. The van der Waals surface area contributed by atoms with E-state index in [1.165, 1.54) is 19.2 Å². The molecule has 0 unspecified atom stereocenters. The average Bonchev–Trinajstić information content (AvgIpc) is 2.78. The number of halogens is 1. The Morgan fingerprint density at radius 3 is 2.25 bits per heavy atom. The van der Waals surface area contributed by atoms with Crippen molar-refractivity contribution in [3.63, 3.8) is 0 Å². The van der Waals surface area contributed by atoms with Crippen LogP contribution in [0.2, 0.25) is 5.02 Å². The Labute approximate surface area is 190 Å². The van der Waals surface area contributed by atoms with E-state index in [0.29, 0.717) is 28.8 Å². The number of benzene rings is 3. The molecule has 0 saturated heterocycles. The third-order valence-electron chi connectivity index (χ3n) is 4.64. The number of anilines is 2. The summed E-state index contributed by atoms with van der Waals surface area (Å²) in [6.07, 6.45) is 0. The fourth-order valence-corrected chi connectivity index (χ4v) is 3.11. The molecule has 3 rings (SSSR count). The fraction of sp³-hybridized carbons (Fsp3) is 0.167. The number of aromatic carboxylic acids is 1. The maximum atomic E-state index is 12.2. The summed E-state index contributed by atoms with van der Waals surface area (Å²) in [6.45, 7) is 2.16. The third-order valence-corrected chi connectivity index (χ3v) is 4.99. The van der Waals surface area contributed by atoms with Gasteiger partial charge >= 0.3 is 5.97 Å². The smallest absolute Gasteiger partial charge is 0.335 e. The Kier molecular flexibility index (Phi) is 7.57. The van der Waals surface area contributed by atoms with Gasteiger partial charge in [-0.1, -0.05) is 29.3 Å². The van der Waals surface area contributed by atoms with Gasteiger partial charge in [0.1, 0.15) is 0 Å². The van der Waals surface area contributed by atoms with Gasteiger partial charge in [-0.2, -0.15) is 0 Å². The lowest BCUT2D eigenvalue weighted by Crippen LogP contribution is -2.20. The minimum absolute atomic E-state index is 0.200. The normalized spacial score (nSPS) is 10.3. The SMILES string of the molecule is COc1cc(CNc2ccc(C(=O)O)cc2)c(Cl)cc1OCC(=O)Nc1ccc(C)cc1. The molecule has 0 aliphatic carbocycles. The highest BCUT2D eigenvalue weighted by molar-refractivity contribution is 6.31. The highest BCUT2D eigenvalue weighted by Gasteiger charge is 2.13. The molecule has 0 aliphatic rings. The molecule has 0 radical (unpaired) electrons. The van der Waals surface area contributed by atoms with Gasteiger partial charge in [0, 0.05) is 29.0 Å². The Hall–Kier alpha value is -3.71. The van der Waals surface area contributed by atoms with Crippen LogP contribution in [0.25, 0.3) is 0 Å². The van der Waals surface area contributed by atoms with Crippen molar-refractivity contribution in [1.82, 2.24) is 0 Å². The first kappa shape index (κ1) is 23.0. The van der Waals surface area contributed by atoms with E-state index in [9.17, 15) is 9.59 Å². The number of carbonyl (C=O) groups is 2. The van der Waals surface area contributed by atoms with E-state index in [0.717, 1.165) is 16.8 Å². The summed E-state index contributed by atoms with van der Waals surface area (Å²) in [5.41, 5.74) is 3.50. The van der Waals surface area contributed by atoms with Gasteiger partial charge in [0.15, 0.2) is 18.1 Å². The minimum Gasteiger partial charge on any atom is -0.493 e. The number of carboxylic acid groups (broad SMARTS) is 1. The van der Waals surface area contributed by atoms with E-state index < -0.39 is 5.97 Å². The van der Waals surface area contributed by atoms with Gasteiger partial charge in [-0.05, 0) is 55.0 Å². The lowest BCUT2D eigenvalue weighted by Gasteiger charge is -2.15. The van der Waals surface area contributed by atoms with Gasteiger partial charge in [-0.3, -0.25) is 4.79 Å². The van der Waals surface area contributed by atoms with Crippen LogP contribution < -0.4 is 20.1 Å². The minimum atomic E-state index is -0.979. The van der Waals surface area contributed by atoms with E-state index in [1.807, 2.05) is 31.2 Å². The molecule has 0 aromatic heterocycles. The number of hydrogen-bond donors (Lipinski definition) is 3. The van der Waals surface area contributed by atoms with Crippen molar-refractivity contribution in [2.75, 3.05) is 24.4 Å². The summed E-state index contributed by atoms with van der Waals surface area (Å²) in [5.74, 6) is -0.489. The van der Waals surface area contributed by atoms with Crippen LogP contribution in [0.15, 0.2) is 60.7 Å². The molecule has 0 saturated carbocycles. The number of nitrogens with one attached hydrogen (secondary N) is 2. The number of ether oxygens (including phenoxy) is 2. The van der Waals surface area contributed by atoms with Crippen molar-refractivity contribution in [3.05, 3.63) is 82.4 Å². The predicted molar refractivity (Wildman–Crippen MR) is 124 cm³/mol. The molecule has 1 amide bonds. The van der Waals surface area contributed by atoms with Gasteiger partial charge < -0.3 is 25.2 Å². The quantitative estimate of drug-likeness (QED) is 0.421. The highest BCUT2D eigenvalue weighted by atomic mass is 35.5. The summed E-state index contributed by atoms with van der Waals surface area (Å²) in [6, 6.07) is 17.2. The van der Waals surface area contributed by atoms with E-state index in [-0.39, 0.29) is 18.1 Å². The van der Waals surface area contributed by atoms with Crippen LogP contribution >= 0.6 is 11.6 Å². The number of rotatable bonds is 9. The van der Waals surface area contributed by atoms with Crippen LogP contribution in [0.5, 0.6) is 11.5 Å². The van der Waals surface area contributed by atoms with Crippen LogP contribution in [0, 0.1) is 6.92 Å². The third kappa shape index (κ3) is 6.15. The second-order valence-corrected chi connectivity index (χ2v) is 7.44. The summed E-state index contributed by atoms with van der Waals surface area (Å²) in [5, 5.41) is 15.4. The molecular weight excluding hydrogens is 432 g/mol. The first-order valence-corrected chi connectivity index (χ1v) is 10.2. The van der Waals surface area contributed by atoms with Gasteiger partial charge in [-0.25, -0.2) is 4.79 Å². The zero-order valence-corrected chi connectivity index (χ0v) is 18.4. The maximum absolute atomic E-state index is 12.2. The summed E-state index contributed by atoms with van der Waals surface area (Å²) in [4.78, 5) is 23.1. The Bertz CT molecular complexity index is 1100. The standard InChI is InChI=1S/C24H23ClN2O5/c1-15-3-7-19(8-4-15)27-23(28)14-32-22-12-20(25)17(11-21(22)31-2)13-26-18-9-5-16(6-10-18)24(29)30/h3-12,26H,13-14H2,1-2H3,(H,27,28)(H,29,30). The van der Waals surface area contributed by atoms with Gasteiger partial charge in [0.05, 0.1) is 12.7 Å². The zero-order valence-electron chi connectivity index (χ0n) is 17.6. The molecule has 0 heterocycles. The number of amides is 1. The fourth-order valence-electron chi connectivity index (χ4n) is 2.89. The van der Waals surface area contributed by atoms with E-state index in [4.69, 9.17) is 26.2 Å². The van der Waals surface area contributed by atoms with Crippen molar-refractivity contribution in [3.8, 4) is 11.5 Å². The van der Waals surface area contributed by atoms with Crippen molar-refractivity contribution in [1.29, 1.82) is 0 Å². The Morgan fingerprint density at radius 1 is 0.969 bits per heavy atom. The van der Waals surface area contributed by atoms with Crippen LogP contribution in [0.3, 0.4) is 0 Å². The summed E-state index contributed by atoms with van der Waals surface area (Å²) >= 11 is 6.40. The Morgan fingerprint density at radius 2 is 1.62 bits per heavy atom. The number of carboxylic acids is 1. The maximum Gasteiger partial charge on any atom is 0.335 e. The molecule has 7 nitrogen and oxygen atoms in total. The lowest BCUT2D eigenvalue weighted by molar-refractivity contribution is -0.118. The molecule has 3 aromatic rings. The van der Waals surface area contributed by atoms with Crippen LogP contribution in [0.1, 0.15) is 21.5 Å². The summed E-state index contributed by atoms with van der Waals surface area (Å²) in [7, 11) is 1.50. The molecule has 0 spiro atoms. The van der Waals surface area contributed by atoms with Gasteiger partial charge in [-0.15, -0.1) is 0 Å². The monoisotopic (exact) mass is 454 g/mol. The molecular formula is C24H23ClN2O5. The second kappa shape index (κ2) is 10.5. The van der Waals surface area contributed by atoms with Crippen molar-refractivity contribution in [2.24, 2.45) is 0 Å². The molecule has 3 N–H and O–H groups in total. The van der Waals surface area contributed by atoms with Gasteiger partial charge in [0.25, 0.3) is 5.91 Å².